The number of rotatable bonds is 6. The number of halogens is 3. The molecule has 0 spiro atoms. The van der Waals surface area contributed by atoms with Crippen LogP contribution in [0.1, 0.15) is 5.56 Å². The van der Waals surface area contributed by atoms with Crippen LogP contribution < -0.4 is 0 Å². The number of hydrogen-bond acceptors (Lipinski definition) is 6. The zero-order valence-corrected chi connectivity index (χ0v) is 17.0. The third-order valence-electron chi connectivity index (χ3n) is 4.71. The molecule has 0 amide bonds. The van der Waals surface area contributed by atoms with Gasteiger partial charge in [-0.2, -0.15) is 18.3 Å². The lowest BCUT2D eigenvalue weighted by atomic mass is 10.0. The standard InChI is InChI=1S/C19H17F3N6O2S/c1-31(29,30)10-14(19(20,21)22)6-12-2-3-16(24-7-12)28-9-13(8-27-28)15-4-5-23-18-17(15)25-11-26-18/h2-5,7-9,11,14H,6,10H2,1H3,(H,23,25,26). The molecule has 8 nitrogen and oxygen atoms in total. The molecule has 1 atom stereocenters. The first-order valence-electron chi connectivity index (χ1n) is 9.13. The summed E-state index contributed by atoms with van der Waals surface area (Å²) in [5.74, 6) is -2.54. The average Bonchev–Trinajstić information content (AvgIpc) is 3.36. The summed E-state index contributed by atoms with van der Waals surface area (Å²) in [5.41, 5.74) is 3.21. The summed E-state index contributed by atoms with van der Waals surface area (Å²) in [6.45, 7) is 0. The van der Waals surface area contributed by atoms with E-state index in [1.54, 1.807) is 31.0 Å². The number of pyridine rings is 2. The molecule has 0 aromatic carbocycles. The molecule has 1 unspecified atom stereocenters. The van der Waals surface area contributed by atoms with Crippen LogP contribution in [0, 0.1) is 5.92 Å². The number of imidazole rings is 1. The van der Waals surface area contributed by atoms with Gasteiger partial charge in [-0.25, -0.2) is 28.1 Å². The normalized spacial score (nSPS) is 13.5. The second kappa shape index (κ2) is 7.76. The van der Waals surface area contributed by atoms with Gasteiger partial charge in [-0.3, -0.25) is 0 Å². The number of sulfone groups is 1. The van der Waals surface area contributed by atoms with Gasteiger partial charge in [0, 0.05) is 36.0 Å². The average molecular weight is 450 g/mol. The molecule has 0 bridgehead atoms. The number of nitrogens with one attached hydrogen (secondary N) is 1. The number of aromatic amines is 1. The molecule has 1 N–H and O–H groups in total. The van der Waals surface area contributed by atoms with Crippen LogP contribution in [0.3, 0.4) is 0 Å². The van der Waals surface area contributed by atoms with E-state index in [2.05, 4.69) is 25.0 Å². The highest BCUT2D eigenvalue weighted by molar-refractivity contribution is 7.90. The highest BCUT2D eigenvalue weighted by atomic mass is 32.2. The van der Waals surface area contributed by atoms with Crippen LogP contribution in [0.4, 0.5) is 13.2 Å². The Morgan fingerprint density at radius 3 is 2.61 bits per heavy atom. The highest BCUT2D eigenvalue weighted by Crippen LogP contribution is 2.30. The summed E-state index contributed by atoms with van der Waals surface area (Å²) in [4.78, 5) is 15.6. The van der Waals surface area contributed by atoms with Crippen LogP contribution in [0.25, 0.3) is 28.1 Å². The minimum Gasteiger partial charge on any atom is -0.329 e. The van der Waals surface area contributed by atoms with E-state index in [-0.39, 0.29) is 5.56 Å². The van der Waals surface area contributed by atoms with Crippen molar-refractivity contribution in [3.05, 3.63) is 54.9 Å². The maximum atomic E-state index is 13.2. The van der Waals surface area contributed by atoms with Crippen molar-refractivity contribution in [2.24, 2.45) is 5.92 Å². The maximum absolute atomic E-state index is 13.2. The molecule has 31 heavy (non-hydrogen) atoms. The van der Waals surface area contributed by atoms with E-state index < -0.39 is 34.1 Å². The minimum absolute atomic E-state index is 0.287. The van der Waals surface area contributed by atoms with Crippen LogP contribution in [-0.2, 0) is 16.3 Å². The topological polar surface area (TPSA) is 106 Å². The van der Waals surface area contributed by atoms with Gasteiger partial charge in [-0.05, 0) is 24.1 Å². The molecule has 162 valence electrons. The maximum Gasteiger partial charge on any atom is 0.393 e. The number of hydrogen-bond donors (Lipinski definition) is 1. The summed E-state index contributed by atoms with van der Waals surface area (Å²) < 4.78 is 63.9. The third kappa shape index (κ3) is 4.74. The molecule has 0 fully saturated rings. The zero-order valence-electron chi connectivity index (χ0n) is 16.2. The molecule has 0 aliphatic rings. The molecule has 0 saturated carbocycles. The van der Waals surface area contributed by atoms with E-state index in [0.717, 1.165) is 17.4 Å². The van der Waals surface area contributed by atoms with E-state index in [9.17, 15) is 21.6 Å². The molecular weight excluding hydrogens is 433 g/mol. The first-order chi connectivity index (χ1) is 14.6. The molecule has 4 aromatic heterocycles. The Morgan fingerprint density at radius 2 is 1.94 bits per heavy atom. The van der Waals surface area contributed by atoms with Crippen LogP contribution in [0.5, 0.6) is 0 Å². The predicted octanol–water partition coefficient (Wildman–Crippen LogP) is 2.97. The van der Waals surface area contributed by atoms with Crippen LogP contribution in [-0.4, -0.2) is 56.3 Å². The highest BCUT2D eigenvalue weighted by Gasteiger charge is 2.41. The lowest BCUT2D eigenvalue weighted by Crippen LogP contribution is -2.31. The van der Waals surface area contributed by atoms with E-state index in [0.29, 0.717) is 17.0 Å². The van der Waals surface area contributed by atoms with Gasteiger partial charge in [0.1, 0.15) is 15.4 Å². The van der Waals surface area contributed by atoms with Crippen molar-refractivity contribution in [2.45, 2.75) is 12.6 Å². The van der Waals surface area contributed by atoms with Crippen molar-refractivity contribution < 1.29 is 21.6 Å². The molecule has 4 aromatic rings. The SMILES string of the molecule is CS(=O)(=O)CC(Cc1ccc(-n2cc(-c3ccnc4[nH]cnc34)cn2)nc1)C(F)(F)F. The quantitative estimate of drug-likeness (QED) is 0.484. The largest absolute Gasteiger partial charge is 0.393 e. The molecule has 4 heterocycles. The van der Waals surface area contributed by atoms with Gasteiger partial charge in [0.25, 0.3) is 0 Å². The van der Waals surface area contributed by atoms with E-state index in [1.807, 2.05) is 0 Å². The van der Waals surface area contributed by atoms with Gasteiger partial charge >= 0.3 is 6.18 Å². The Kier molecular flexibility index (Phi) is 5.25. The fourth-order valence-corrected chi connectivity index (χ4v) is 4.30. The van der Waals surface area contributed by atoms with E-state index in [1.165, 1.54) is 23.0 Å². The molecule has 12 heteroatoms. The fraction of sp³-hybridized carbons (Fsp3) is 0.263. The van der Waals surface area contributed by atoms with Crippen LogP contribution >= 0.6 is 0 Å². The second-order valence-corrected chi connectivity index (χ2v) is 9.38. The van der Waals surface area contributed by atoms with Crippen molar-refractivity contribution in [1.82, 2.24) is 29.7 Å². The number of H-pyrrole nitrogens is 1. The monoisotopic (exact) mass is 450 g/mol. The number of fused-ring (bicyclic) bond motifs is 1. The Morgan fingerprint density at radius 1 is 1.13 bits per heavy atom. The Bertz CT molecular complexity index is 1310. The first-order valence-corrected chi connectivity index (χ1v) is 11.2. The van der Waals surface area contributed by atoms with Crippen molar-refractivity contribution in [3.63, 3.8) is 0 Å². The predicted molar refractivity (Wildman–Crippen MR) is 107 cm³/mol. The molecule has 0 aliphatic heterocycles. The second-order valence-electron chi connectivity index (χ2n) is 7.19. The van der Waals surface area contributed by atoms with Gasteiger partial charge < -0.3 is 4.98 Å². The molecule has 0 radical (unpaired) electrons. The van der Waals surface area contributed by atoms with Crippen molar-refractivity contribution in [1.29, 1.82) is 0 Å². The van der Waals surface area contributed by atoms with Gasteiger partial charge in [0.05, 0.1) is 24.2 Å². The van der Waals surface area contributed by atoms with Gasteiger partial charge in [-0.1, -0.05) is 6.07 Å². The smallest absolute Gasteiger partial charge is 0.329 e. The lowest BCUT2D eigenvalue weighted by Gasteiger charge is -2.19. The van der Waals surface area contributed by atoms with Gasteiger partial charge in [0.2, 0.25) is 0 Å². The number of aromatic nitrogens is 6. The van der Waals surface area contributed by atoms with E-state index in [4.69, 9.17) is 0 Å². The Labute approximate surface area is 175 Å². The Balaban J connectivity index is 1.56. The van der Waals surface area contributed by atoms with Crippen molar-refractivity contribution >= 4 is 21.0 Å². The summed E-state index contributed by atoms with van der Waals surface area (Å²) in [7, 11) is -3.78. The summed E-state index contributed by atoms with van der Waals surface area (Å²) in [6, 6.07) is 4.83. The van der Waals surface area contributed by atoms with Gasteiger partial charge in [0.15, 0.2) is 11.5 Å². The number of nitrogens with zero attached hydrogens (tertiary/aromatic N) is 5. The van der Waals surface area contributed by atoms with Crippen molar-refractivity contribution in [3.8, 4) is 16.9 Å². The lowest BCUT2D eigenvalue weighted by molar-refractivity contribution is -0.168. The van der Waals surface area contributed by atoms with Gasteiger partial charge in [-0.15, -0.1) is 0 Å². The van der Waals surface area contributed by atoms with Crippen LogP contribution in [0.2, 0.25) is 0 Å². The summed E-state index contributed by atoms with van der Waals surface area (Å²) in [5, 5.41) is 4.27. The fourth-order valence-electron chi connectivity index (χ4n) is 3.26. The van der Waals surface area contributed by atoms with E-state index >= 15 is 0 Å². The first kappa shape index (κ1) is 21.0. The van der Waals surface area contributed by atoms with Crippen LogP contribution in [0.15, 0.2) is 49.3 Å². The summed E-state index contributed by atoms with van der Waals surface area (Å²) >= 11 is 0. The zero-order chi connectivity index (χ0) is 22.2. The molecule has 0 saturated heterocycles. The summed E-state index contributed by atoms with van der Waals surface area (Å²) in [6.07, 6.45) is 3.55. The Hall–Kier alpha value is -3.28. The number of alkyl halides is 3. The molecule has 0 aliphatic carbocycles. The van der Waals surface area contributed by atoms with Crippen molar-refractivity contribution in [2.75, 3.05) is 12.0 Å². The molecule has 4 rings (SSSR count). The third-order valence-corrected chi connectivity index (χ3v) is 5.71. The minimum atomic E-state index is -4.62. The molecular formula is C19H17F3N6O2S.